The summed E-state index contributed by atoms with van der Waals surface area (Å²) in [5, 5.41) is 9.17. The van der Waals surface area contributed by atoms with Crippen LogP contribution in [-0.2, 0) is 10.0 Å². The number of thiophene rings is 1. The third-order valence-electron chi connectivity index (χ3n) is 2.04. The number of halogens is 2. The predicted molar refractivity (Wildman–Crippen MR) is 74.6 cm³/mol. The average Bonchev–Trinajstić information content (AvgIpc) is 2.55. The van der Waals surface area contributed by atoms with Gasteiger partial charge in [0.15, 0.2) is 0 Å². The molecule has 0 saturated carbocycles. The van der Waals surface area contributed by atoms with E-state index in [1.165, 1.54) is 24.3 Å². The minimum Gasteiger partial charge on any atom is -0.392 e. The molecule has 1 aromatic heterocycles. The Labute approximate surface area is 121 Å². The lowest BCUT2D eigenvalue weighted by molar-refractivity contribution is 0.164. The maximum atomic E-state index is 11.9. The molecule has 1 aromatic rings. The molecule has 4 N–H and O–H groups in total. The van der Waals surface area contributed by atoms with Crippen molar-refractivity contribution in [2.45, 2.75) is 24.0 Å². The first-order valence-corrected chi connectivity index (χ1v) is 8.50. The second kappa shape index (κ2) is 6.09. The molecule has 0 aliphatic heterocycles. The highest BCUT2D eigenvalue weighted by atomic mass is 79.9. The Morgan fingerprint density at radius 3 is 2.59 bits per heavy atom. The smallest absolute Gasteiger partial charge is 0.242 e. The Hall–Kier alpha value is 0.490. The molecule has 1 rings (SSSR count). The second-order valence-electron chi connectivity index (χ2n) is 3.44. The fourth-order valence-corrected chi connectivity index (χ4v) is 5.85. The first-order valence-electron chi connectivity index (χ1n) is 4.62. The molecule has 0 fully saturated rings. The van der Waals surface area contributed by atoms with Gasteiger partial charge in [-0.05, 0) is 44.8 Å². The molecule has 1 heterocycles. The van der Waals surface area contributed by atoms with Crippen molar-refractivity contribution in [2.75, 3.05) is 6.54 Å². The van der Waals surface area contributed by atoms with Crippen molar-refractivity contribution in [3.05, 3.63) is 13.6 Å². The molecule has 0 spiro atoms. The van der Waals surface area contributed by atoms with Crippen molar-refractivity contribution in [1.82, 2.24) is 4.72 Å². The molecule has 2 atom stereocenters. The van der Waals surface area contributed by atoms with E-state index in [-0.39, 0.29) is 11.4 Å². The van der Waals surface area contributed by atoms with E-state index in [2.05, 4.69) is 36.6 Å². The largest absolute Gasteiger partial charge is 0.392 e. The minimum atomic E-state index is -3.61. The number of aliphatic hydroxyl groups is 1. The molecule has 0 aromatic carbocycles. The topological polar surface area (TPSA) is 92.4 Å². The molecular weight excluding hydrogens is 396 g/mol. The van der Waals surface area contributed by atoms with Gasteiger partial charge < -0.3 is 10.8 Å². The molecule has 17 heavy (non-hydrogen) atoms. The van der Waals surface area contributed by atoms with E-state index >= 15 is 0 Å². The van der Waals surface area contributed by atoms with Crippen LogP contribution in [0, 0.1) is 0 Å². The number of sulfonamides is 1. The highest BCUT2D eigenvalue weighted by Gasteiger charge is 2.21. The van der Waals surface area contributed by atoms with Crippen LogP contribution in [0.1, 0.15) is 6.92 Å². The number of hydrogen-bond donors (Lipinski definition) is 3. The number of hydrogen-bond acceptors (Lipinski definition) is 5. The van der Waals surface area contributed by atoms with Crippen LogP contribution in [0.2, 0.25) is 0 Å². The van der Waals surface area contributed by atoms with Crippen LogP contribution in [0.25, 0.3) is 0 Å². The molecule has 0 bridgehead atoms. The van der Waals surface area contributed by atoms with Crippen LogP contribution in [0.15, 0.2) is 18.5 Å². The van der Waals surface area contributed by atoms with Crippen LogP contribution in [0.5, 0.6) is 0 Å². The fourth-order valence-electron chi connectivity index (χ4n) is 0.963. The average molecular weight is 408 g/mol. The lowest BCUT2D eigenvalue weighted by Gasteiger charge is -2.15. The van der Waals surface area contributed by atoms with E-state index in [4.69, 9.17) is 5.73 Å². The molecule has 0 saturated heterocycles. The summed E-state index contributed by atoms with van der Waals surface area (Å²) >= 11 is 7.66. The first kappa shape index (κ1) is 15.5. The van der Waals surface area contributed by atoms with E-state index in [0.29, 0.717) is 7.57 Å². The SMILES string of the molecule is CC(O)C(N)CNS(=O)(=O)c1cc(Br)sc1Br. The van der Waals surface area contributed by atoms with Gasteiger partial charge in [-0.3, -0.25) is 0 Å². The van der Waals surface area contributed by atoms with Crippen LogP contribution >= 0.6 is 43.2 Å². The van der Waals surface area contributed by atoms with Crippen LogP contribution in [0.3, 0.4) is 0 Å². The molecular formula is C8H12Br2N2O3S2. The van der Waals surface area contributed by atoms with Crippen LogP contribution in [-0.4, -0.2) is 32.2 Å². The summed E-state index contributed by atoms with van der Waals surface area (Å²) in [5.74, 6) is 0. The van der Waals surface area contributed by atoms with Crippen molar-refractivity contribution in [3.63, 3.8) is 0 Å². The van der Waals surface area contributed by atoms with Gasteiger partial charge in [-0.15, -0.1) is 11.3 Å². The van der Waals surface area contributed by atoms with Gasteiger partial charge in [0, 0.05) is 12.6 Å². The highest BCUT2D eigenvalue weighted by molar-refractivity contribution is 9.12. The van der Waals surface area contributed by atoms with Gasteiger partial charge in [0.2, 0.25) is 10.0 Å². The summed E-state index contributed by atoms with van der Waals surface area (Å²) in [7, 11) is -3.61. The van der Waals surface area contributed by atoms with Gasteiger partial charge in [-0.25, -0.2) is 13.1 Å². The Bertz CT molecular complexity index is 487. The number of nitrogens with one attached hydrogen (secondary N) is 1. The third-order valence-corrected chi connectivity index (χ3v) is 6.22. The normalized spacial score (nSPS) is 15.8. The van der Waals surface area contributed by atoms with Crippen molar-refractivity contribution >= 4 is 53.2 Å². The van der Waals surface area contributed by atoms with Crippen LogP contribution < -0.4 is 10.5 Å². The molecule has 0 aliphatic rings. The van der Waals surface area contributed by atoms with Gasteiger partial charge in [0.05, 0.1) is 13.7 Å². The van der Waals surface area contributed by atoms with E-state index in [0.717, 1.165) is 0 Å². The minimum absolute atomic E-state index is 0.0140. The summed E-state index contributed by atoms with van der Waals surface area (Å²) in [4.78, 5) is 0.159. The number of nitrogens with two attached hydrogens (primary N) is 1. The summed E-state index contributed by atoms with van der Waals surface area (Å²) in [6.45, 7) is 1.50. The summed E-state index contributed by atoms with van der Waals surface area (Å²) < 4.78 is 27.4. The molecule has 0 aliphatic carbocycles. The fraction of sp³-hybridized carbons (Fsp3) is 0.500. The molecule has 0 radical (unpaired) electrons. The zero-order valence-electron chi connectivity index (χ0n) is 8.85. The molecule has 0 amide bonds. The summed E-state index contributed by atoms with van der Waals surface area (Å²) in [5.41, 5.74) is 5.55. The molecule has 2 unspecified atom stereocenters. The van der Waals surface area contributed by atoms with Gasteiger partial charge in [0.1, 0.15) is 4.90 Å². The van der Waals surface area contributed by atoms with Crippen molar-refractivity contribution in [2.24, 2.45) is 5.73 Å². The quantitative estimate of drug-likeness (QED) is 0.684. The molecule has 9 heteroatoms. The molecule has 98 valence electrons. The Balaban J connectivity index is 2.80. The first-order chi connectivity index (χ1) is 7.74. The van der Waals surface area contributed by atoms with Crippen molar-refractivity contribution in [1.29, 1.82) is 0 Å². The maximum absolute atomic E-state index is 11.9. The van der Waals surface area contributed by atoms with Gasteiger partial charge >= 0.3 is 0 Å². The number of aliphatic hydroxyl groups excluding tert-OH is 1. The second-order valence-corrected chi connectivity index (χ2v) is 8.93. The van der Waals surface area contributed by atoms with Crippen molar-refractivity contribution < 1.29 is 13.5 Å². The maximum Gasteiger partial charge on any atom is 0.242 e. The van der Waals surface area contributed by atoms with E-state index in [9.17, 15) is 13.5 Å². The van der Waals surface area contributed by atoms with E-state index in [1.807, 2.05) is 0 Å². The number of rotatable bonds is 5. The standard InChI is InChI=1S/C8H12Br2N2O3S2/c1-4(13)5(11)3-12-17(14,15)6-2-7(9)16-8(6)10/h2,4-5,12-13H,3,11H2,1H3. The highest BCUT2D eigenvalue weighted by Crippen LogP contribution is 2.34. The van der Waals surface area contributed by atoms with Gasteiger partial charge in [0.25, 0.3) is 0 Å². The lowest BCUT2D eigenvalue weighted by Crippen LogP contribution is -2.43. The third kappa shape index (κ3) is 4.27. The zero-order valence-corrected chi connectivity index (χ0v) is 13.7. The zero-order chi connectivity index (χ0) is 13.2. The van der Waals surface area contributed by atoms with Gasteiger partial charge in [-0.2, -0.15) is 0 Å². The summed E-state index contributed by atoms with van der Waals surface area (Å²) in [6.07, 6.45) is -0.768. The lowest BCUT2D eigenvalue weighted by atomic mass is 10.2. The summed E-state index contributed by atoms with van der Waals surface area (Å²) in [6, 6.07) is 0.871. The predicted octanol–water partition coefficient (Wildman–Crippen LogP) is 1.26. The monoisotopic (exact) mass is 406 g/mol. The van der Waals surface area contributed by atoms with Crippen LogP contribution in [0.4, 0.5) is 0 Å². The Kier molecular flexibility index (Phi) is 5.57. The Morgan fingerprint density at radius 1 is 1.59 bits per heavy atom. The van der Waals surface area contributed by atoms with Crippen molar-refractivity contribution in [3.8, 4) is 0 Å². The van der Waals surface area contributed by atoms with E-state index < -0.39 is 22.2 Å². The van der Waals surface area contributed by atoms with Gasteiger partial charge in [-0.1, -0.05) is 0 Å². The van der Waals surface area contributed by atoms with E-state index in [1.54, 1.807) is 0 Å². The Morgan fingerprint density at radius 2 is 2.18 bits per heavy atom. The molecule has 5 nitrogen and oxygen atoms in total.